The zero-order valence-electron chi connectivity index (χ0n) is 10.1. The first-order chi connectivity index (χ1) is 7.91. The summed E-state index contributed by atoms with van der Waals surface area (Å²) in [5, 5.41) is 2.09. The van der Waals surface area contributed by atoms with Crippen molar-refractivity contribution in [2.24, 2.45) is 5.73 Å². The molecule has 108 valence electrons. The van der Waals surface area contributed by atoms with Gasteiger partial charge in [-0.05, 0) is 13.3 Å². The molecule has 0 aromatic carbocycles. The predicted octanol–water partition coefficient (Wildman–Crippen LogP) is 0.205. The molecule has 5 nitrogen and oxygen atoms in total. The number of rotatable bonds is 6. The van der Waals surface area contributed by atoms with Crippen LogP contribution >= 0.6 is 0 Å². The second kappa shape index (κ2) is 6.37. The quantitative estimate of drug-likeness (QED) is 0.731. The molecule has 0 aromatic rings. The topological polar surface area (TPSA) is 89.3 Å². The Bertz CT molecular complexity index is 381. The number of halogens is 3. The lowest BCUT2D eigenvalue weighted by atomic mass is 10.2. The van der Waals surface area contributed by atoms with E-state index >= 15 is 0 Å². The Morgan fingerprint density at radius 1 is 1.39 bits per heavy atom. The minimum atomic E-state index is -4.37. The lowest BCUT2D eigenvalue weighted by Gasteiger charge is -2.18. The van der Waals surface area contributed by atoms with Crippen molar-refractivity contribution in [3.8, 4) is 0 Å². The molecule has 3 N–H and O–H groups in total. The van der Waals surface area contributed by atoms with Crippen LogP contribution in [0.5, 0.6) is 0 Å². The first-order valence-electron chi connectivity index (χ1n) is 5.21. The van der Waals surface area contributed by atoms with Gasteiger partial charge in [0.05, 0.1) is 18.2 Å². The molecule has 0 rings (SSSR count). The molecule has 0 radical (unpaired) electrons. The molecule has 0 aliphatic rings. The zero-order chi connectivity index (χ0) is 14.6. The minimum absolute atomic E-state index is 0.122. The molecule has 0 aromatic heterocycles. The summed E-state index contributed by atoms with van der Waals surface area (Å²) in [6.07, 6.45) is -4.66. The van der Waals surface area contributed by atoms with Gasteiger partial charge in [0.15, 0.2) is 0 Å². The summed E-state index contributed by atoms with van der Waals surface area (Å²) in [6.45, 7) is 1.20. The first-order valence-corrected chi connectivity index (χ1v) is 7.27. The van der Waals surface area contributed by atoms with Crippen molar-refractivity contribution in [1.29, 1.82) is 0 Å². The number of alkyl halides is 3. The molecule has 1 amide bonds. The van der Waals surface area contributed by atoms with Gasteiger partial charge in [-0.25, -0.2) is 8.42 Å². The van der Waals surface area contributed by atoms with E-state index in [9.17, 15) is 26.4 Å². The van der Waals surface area contributed by atoms with Gasteiger partial charge in [0.2, 0.25) is 5.91 Å². The Labute approximate surface area is 104 Å². The molecule has 0 spiro atoms. The van der Waals surface area contributed by atoms with Crippen molar-refractivity contribution >= 4 is 15.7 Å². The molecule has 2 atom stereocenters. The van der Waals surface area contributed by atoms with Crippen LogP contribution < -0.4 is 11.1 Å². The molecule has 0 aliphatic carbocycles. The average molecular weight is 290 g/mol. The van der Waals surface area contributed by atoms with Gasteiger partial charge in [0.1, 0.15) is 9.84 Å². The normalized spacial score (nSPS) is 16.1. The highest BCUT2D eigenvalue weighted by Crippen LogP contribution is 2.21. The van der Waals surface area contributed by atoms with Crippen LogP contribution in [-0.4, -0.2) is 44.6 Å². The highest BCUT2D eigenvalue weighted by molar-refractivity contribution is 7.90. The molecule has 0 bridgehead atoms. The fraction of sp³-hybridized carbons (Fsp3) is 0.889. The second-order valence-electron chi connectivity index (χ2n) is 4.25. The van der Waals surface area contributed by atoms with E-state index in [0.29, 0.717) is 0 Å². The van der Waals surface area contributed by atoms with Crippen molar-refractivity contribution in [1.82, 2.24) is 5.32 Å². The Balaban J connectivity index is 4.16. The monoisotopic (exact) mass is 290 g/mol. The summed E-state index contributed by atoms with van der Waals surface area (Å²) in [7, 11) is -3.25. The number of hydrogen-bond donors (Lipinski definition) is 2. The van der Waals surface area contributed by atoms with Crippen LogP contribution in [0.25, 0.3) is 0 Å². The minimum Gasteiger partial charge on any atom is -0.352 e. The van der Waals surface area contributed by atoms with Gasteiger partial charge in [-0.2, -0.15) is 13.2 Å². The lowest BCUT2D eigenvalue weighted by molar-refractivity contribution is -0.141. The van der Waals surface area contributed by atoms with E-state index in [2.05, 4.69) is 5.32 Å². The van der Waals surface area contributed by atoms with Gasteiger partial charge >= 0.3 is 6.18 Å². The molecule has 0 heterocycles. The van der Waals surface area contributed by atoms with Crippen LogP contribution in [0.15, 0.2) is 0 Å². The van der Waals surface area contributed by atoms with E-state index in [1.165, 1.54) is 6.92 Å². The maximum atomic E-state index is 12.0. The number of sulfone groups is 1. The molecule has 0 aliphatic heterocycles. The smallest absolute Gasteiger partial charge is 0.352 e. The second-order valence-corrected chi connectivity index (χ2v) is 6.51. The number of carbonyl (C=O) groups excluding carboxylic acids is 1. The SMILES string of the molecule is CC(CC(F)(F)F)NC(=O)C(N)CCS(C)(=O)=O. The van der Waals surface area contributed by atoms with Crippen LogP contribution in [-0.2, 0) is 14.6 Å². The number of amides is 1. The molecular weight excluding hydrogens is 273 g/mol. The Morgan fingerprint density at radius 2 is 1.89 bits per heavy atom. The Morgan fingerprint density at radius 3 is 2.28 bits per heavy atom. The fourth-order valence-corrected chi connectivity index (χ4v) is 1.90. The van der Waals surface area contributed by atoms with Gasteiger partial charge < -0.3 is 11.1 Å². The number of nitrogens with one attached hydrogen (secondary N) is 1. The van der Waals surface area contributed by atoms with Crippen LogP contribution in [0.3, 0.4) is 0 Å². The first kappa shape index (κ1) is 17.2. The number of hydrogen-bond acceptors (Lipinski definition) is 4. The zero-order valence-corrected chi connectivity index (χ0v) is 10.9. The molecular formula is C9H17F3N2O3S. The van der Waals surface area contributed by atoms with Crippen molar-refractivity contribution in [3.63, 3.8) is 0 Å². The summed E-state index contributed by atoms with van der Waals surface area (Å²) in [5.74, 6) is -1.06. The van der Waals surface area contributed by atoms with E-state index in [0.717, 1.165) is 6.26 Å². The van der Waals surface area contributed by atoms with E-state index in [-0.39, 0.29) is 12.2 Å². The molecule has 18 heavy (non-hydrogen) atoms. The largest absolute Gasteiger partial charge is 0.391 e. The highest BCUT2D eigenvalue weighted by atomic mass is 32.2. The summed E-state index contributed by atoms with van der Waals surface area (Å²) in [4.78, 5) is 11.4. The van der Waals surface area contributed by atoms with Crippen LogP contribution in [0.2, 0.25) is 0 Å². The maximum absolute atomic E-state index is 12.0. The van der Waals surface area contributed by atoms with Crippen molar-refractivity contribution in [2.75, 3.05) is 12.0 Å². The van der Waals surface area contributed by atoms with E-state index in [4.69, 9.17) is 5.73 Å². The molecule has 2 unspecified atom stereocenters. The summed E-state index contributed by atoms with van der Waals surface area (Å²) in [5.41, 5.74) is 5.38. The third kappa shape index (κ3) is 9.23. The van der Waals surface area contributed by atoms with Crippen LogP contribution in [0, 0.1) is 0 Å². The molecule has 0 fully saturated rings. The van der Waals surface area contributed by atoms with E-state index in [1.54, 1.807) is 0 Å². The average Bonchev–Trinajstić information content (AvgIpc) is 2.09. The fourth-order valence-electron chi connectivity index (χ4n) is 1.22. The Kier molecular flexibility index (Phi) is 6.08. The third-order valence-corrected chi connectivity index (χ3v) is 3.04. The van der Waals surface area contributed by atoms with Gasteiger partial charge in [-0.15, -0.1) is 0 Å². The Hall–Kier alpha value is -0.830. The van der Waals surface area contributed by atoms with E-state index < -0.39 is 40.4 Å². The predicted molar refractivity (Wildman–Crippen MR) is 60.6 cm³/mol. The van der Waals surface area contributed by atoms with Crippen molar-refractivity contribution in [2.45, 2.75) is 38.0 Å². The number of nitrogens with two attached hydrogens (primary N) is 1. The van der Waals surface area contributed by atoms with Gasteiger partial charge in [0.25, 0.3) is 0 Å². The van der Waals surface area contributed by atoms with E-state index in [1.807, 2.05) is 0 Å². The lowest BCUT2D eigenvalue weighted by Crippen LogP contribution is -2.46. The summed E-state index contributed by atoms with van der Waals surface area (Å²) in [6, 6.07) is -2.22. The molecule has 9 heteroatoms. The molecule has 0 saturated carbocycles. The molecule has 0 saturated heterocycles. The highest BCUT2D eigenvalue weighted by Gasteiger charge is 2.31. The summed E-state index contributed by atoms with van der Waals surface area (Å²) < 4.78 is 57.7. The van der Waals surface area contributed by atoms with Gasteiger partial charge in [0, 0.05) is 12.3 Å². The van der Waals surface area contributed by atoms with Crippen molar-refractivity contribution in [3.05, 3.63) is 0 Å². The van der Waals surface area contributed by atoms with Crippen LogP contribution in [0.1, 0.15) is 19.8 Å². The van der Waals surface area contributed by atoms with Crippen LogP contribution in [0.4, 0.5) is 13.2 Å². The maximum Gasteiger partial charge on any atom is 0.391 e. The number of carbonyl (C=O) groups is 1. The van der Waals surface area contributed by atoms with Gasteiger partial charge in [-0.3, -0.25) is 4.79 Å². The standard InChI is InChI=1S/C9H17F3N2O3S/c1-6(5-9(10,11)12)14-8(15)7(13)3-4-18(2,16)17/h6-7H,3-5,13H2,1-2H3,(H,14,15). The van der Waals surface area contributed by atoms with Gasteiger partial charge in [-0.1, -0.05) is 0 Å². The van der Waals surface area contributed by atoms with Crippen molar-refractivity contribution < 1.29 is 26.4 Å². The summed E-state index contributed by atoms with van der Waals surface area (Å²) >= 11 is 0. The third-order valence-electron chi connectivity index (χ3n) is 2.06.